The lowest BCUT2D eigenvalue weighted by atomic mass is 9.95. The van der Waals surface area contributed by atoms with Gasteiger partial charge in [-0.2, -0.15) is 0 Å². The van der Waals surface area contributed by atoms with Crippen molar-refractivity contribution in [3.8, 4) is 0 Å². The van der Waals surface area contributed by atoms with E-state index < -0.39 is 29.8 Å². The molecular weight excluding hydrogens is 499 g/mol. The van der Waals surface area contributed by atoms with Gasteiger partial charge < -0.3 is 19.9 Å². The molecule has 9 nitrogen and oxygen atoms in total. The summed E-state index contributed by atoms with van der Waals surface area (Å²) in [6.07, 6.45) is 2.24. The lowest BCUT2D eigenvalue weighted by Crippen LogP contribution is -2.52. The van der Waals surface area contributed by atoms with Crippen molar-refractivity contribution in [2.24, 2.45) is 4.99 Å². The van der Waals surface area contributed by atoms with E-state index in [4.69, 9.17) is 26.1 Å². The van der Waals surface area contributed by atoms with E-state index in [2.05, 4.69) is 10.3 Å². The maximum Gasteiger partial charge on any atom is 0.338 e. The Balaban J connectivity index is 1.83. The first-order valence-corrected chi connectivity index (χ1v) is 12.3. The molecule has 2 atom stereocenters. The summed E-state index contributed by atoms with van der Waals surface area (Å²) in [5.41, 5.74) is 1.02. The SMILES string of the molecule is CCCOC(=O)C1=C(CN2CCOC[C@H]2C(=O)O)NC(c2nccs2)=N[C@H]1c1ccc(F)cc1Cl. The van der Waals surface area contributed by atoms with E-state index in [9.17, 15) is 19.1 Å². The Morgan fingerprint density at radius 2 is 2.26 bits per heavy atom. The summed E-state index contributed by atoms with van der Waals surface area (Å²) in [7, 11) is 0. The van der Waals surface area contributed by atoms with Crippen LogP contribution in [0, 0.1) is 5.82 Å². The lowest BCUT2D eigenvalue weighted by molar-refractivity contribution is -0.149. The Hall–Kier alpha value is -2.86. The number of hydrogen-bond donors (Lipinski definition) is 2. The number of nitrogens with one attached hydrogen (secondary N) is 1. The number of aliphatic imine (C=N–C) groups is 1. The molecule has 0 unspecified atom stereocenters. The van der Waals surface area contributed by atoms with Crippen molar-refractivity contribution < 1.29 is 28.6 Å². The molecule has 2 aliphatic heterocycles. The average Bonchev–Trinajstić information content (AvgIpc) is 3.37. The first kappa shape index (κ1) is 25.2. The van der Waals surface area contributed by atoms with Gasteiger partial charge >= 0.3 is 11.9 Å². The van der Waals surface area contributed by atoms with Crippen LogP contribution in [0.4, 0.5) is 4.39 Å². The van der Waals surface area contributed by atoms with Crippen LogP contribution < -0.4 is 5.32 Å². The van der Waals surface area contributed by atoms with Gasteiger partial charge in [0.25, 0.3) is 0 Å². The van der Waals surface area contributed by atoms with E-state index in [1.165, 1.54) is 23.5 Å². The zero-order chi connectivity index (χ0) is 24.9. The van der Waals surface area contributed by atoms with E-state index in [0.717, 1.165) is 6.07 Å². The molecule has 1 saturated heterocycles. The molecule has 2 aromatic rings. The molecule has 1 fully saturated rings. The highest BCUT2D eigenvalue weighted by atomic mass is 35.5. The van der Waals surface area contributed by atoms with Crippen LogP contribution in [-0.2, 0) is 19.1 Å². The minimum atomic E-state index is -1.02. The van der Waals surface area contributed by atoms with Crippen LogP contribution in [0.1, 0.15) is 30.0 Å². The average molecular weight is 523 g/mol. The quantitative estimate of drug-likeness (QED) is 0.509. The zero-order valence-electron chi connectivity index (χ0n) is 18.9. The molecule has 2 aliphatic rings. The van der Waals surface area contributed by atoms with E-state index >= 15 is 0 Å². The fourth-order valence-electron chi connectivity index (χ4n) is 3.89. The number of aromatic nitrogens is 1. The standard InChI is InChI=1S/C23H24ClFN4O5S/c1-2-7-34-23(32)18-16(11-29-6-8-33-12-17(29)22(30)31)27-20(21-26-5-9-35-21)28-19(18)14-4-3-13(25)10-15(14)24/h3-5,9-10,17,19H,2,6-8,11-12H2,1H3,(H,27,28)(H,30,31)/t17-,19-/m0/s1. The Kier molecular flexibility index (Phi) is 8.11. The Morgan fingerprint density at radius 1 is 1.43 bits per heavy atom. The van der Waals surface area contributed by atoms with Gasteiger partial charge in [0.15, 0.2) is 10.8 Å². The fraction of sp³-hybridized carbons (Fsp3) is 0.391. The van der Waals surface area contributed by atoms with Crippen LogP contribution in [0.5, 0.6) is 0 Å². The molecule has 0 amide bonds. The molecule has 3 heterocycles. The lowest BCUT2D eigenvalue weighted by Gasteiger charge is -2.35. The van der Waals surface area contributed by atoms with E-state index in [0.29, 0.717) is 41.7 Å². The molecule has 0 aliphatic carbocycles. The Labute approximate surface area is 210 Å². The molecule has 4 rings (SSSR count). The summed E-state index contributed by atoms with van der Waals surface area (Å²) in [6, 6.07) is 2.09. The molecule has 0 spiro atoms. The predicted octanol–water partition coefficient (Wildman–Crippen LogP) is 3.02. The third-order valence-corrected chi connectivity index (χ3v) is 6.67. The monoisotopic (exact) mass is 522 g/mol. The molecule has 12 heteroatoms. The number of hydrogen-bond acceptors (Lipinski definition) is 9. The topological polar surface area (TPSA) is 113 Å². The molecule has 0 saturated carbocycles. The van der Waals surface area contributed by atoms with Crippen molar-refractivity contribution in [3.05, 3.63) is 62.5 Å². The van der Waals surface area contributed by atoms with Crippen molar-refractivity contribution in [2.45, 2.75) is 25.4 Å². The summed E-state index contributed by atoms with van der Waals surface area (Å²) in [5, 5.41) is 15.3. The summed E-state index contributed by atoms with van der Waals surface area (Å²) in [5.74, 6) is -1.76. The second kappa shape index (κ2) is 11.3. The molecule has 1 aromatic carbocycles. The number of aliphatic carboxylic acids is 1. The van der Waals surface area contributed by atoms with Gasteiger partial charge in [-0.1, -0.05) is 24.6 Å². The number of benzene rings is 1. The minimum Gasteiger partial charge on any atom is -0.480 e. The third kappa shape index (κ3) is 5.69. The van der Waals surface area contributed by atoms with Gasteiger partial charge in [0.1, 0.15) is 17.9 Å². The summed E-state index contributed by atoms with van der Waals surface area (Å²) in [4.78, 5) is 35.9. The molecular formula is C23H24ClFN4O5S. The number of ether oxygens (including phenoxy) is 2. The van der Waals surface area contributed by atoms with Gasteiger partial charge in [0, 0.05) is 40.9 Å². The number of carboxylic acid groups (broad SMARTS) is 1. The van der Waals surface area contributed by atoms with Gasteiger partial charge in [0.2, 0.25) is 0 Å². The second-order valence-electron chi connectivity index (χ2n) is 7.94. The molecule has 0 radical (unpaired) electrons. The summed E-state index contributed by atoms with van der Waals surface area (Å²) < 4.78 is 24.6. The number of halogens is 2. The smallest absolute Gasteiger partial charge is 0.338 e. The van der Waals surface area contributed by atoms with Gasteiger partial charge in [0.05, 0.1) is 25.4 Å². The highest BCUT2D eigenvalue weighted by molar-refractivity contribution is 7.11. The van der Waals surface area contributed by atoms with E-state index in [-0.39, 0.29) is 30.4 Å². The summed E-state index contributed by atoms with van der Waals surface area (Å²) >= 11 is 7.74. The molecule has 1 aromatic heterocycles. The number of carbonyl (C=O) groups is 2. The number of rotatable bonds is 8. The van der Waals surface area contributed by atoms with Crippen molar-refractivity contribution in [2.75, 3.05) is 32.9 Å². The van der Waals surface area contributed by atoms with Crippen molar-refractivity contribution in [3.63, 3.8) is 0 Å². The number of morpholine rings is 1. The number of carboxylic acids is 1. The number of thiazole rings is 1. The second-order valence-corrected chi connectivity index (χ2v) is 9.24. The van der Waals surface area contributed by atoms with Crippen molar-refractivity contribution in [1.82, 2.24) is 15.2 Å². The Bertz CT molecular complexity index is 1160. The largest absolute Gasteiger partial charge is 0.480 e. The number of nitrogens with zero attached hydrogens (tertiary/aromatic N) is 3. The normalized spacial score (nSPS) is 20.8. The first-order chi connectivity index (χ1) is 16.9. The predicted molar refractivity (Wildman–Crippen MR) is 128 cm³/mol. The van der Waals surface area contributed by atoms with Crippen LogP contribution in [0.15, 0.2) is 46.0 Å². The van der Waals surface area contributed by atoms with Crippen LogP contribution in [0.25, 0.3) is 0 Å². The molecule has 35 heavy (non-hydrogen) atoms. The van der Waals surface area contributed by atoms with E-state index in [1.54, 1.807) is 16.5 Å². The maximum atomic E-state index is 13.8. The number of esters is 1. The van der Waals surface area contributed by atoms with Crippen LogP contribution in [0.3, 0.4) is 0 Å². The van der Waals surface area contributed by atoms with Gasteiger partial charge in [-0.25, -0.2) is 14.2 Å². The van der Waals surface area contributed by atoms with Crippen LogP contribution >= 0.6 is 22.9 Å². The maximum absolute atomic E-state index is 13.8. The van der Waals surface area contributed by atoms with E-state index in [1.807, 2.05) is 6.92 Å². The highest BCUT2D eigenvalue weighted by Crippen LogP contribution is 2.37. The van der Waals surface area contributed by atoms with Gasteiger partial charge in [-0.15, -0.1) is 11.3 Å². The number of amidine groups is 1. The van der Waals surface area contributed by atoms with Crippen LogP contribution in [0.2, 0.25) is 5.02 Å². The Morgan fingerprint density at radius 3 is 2.94 bits per heavy atom. The van der Waals surface area contributed by atoms with Gasteiger partial charge in [-0.05, 0) is 18.6 Å². The number of carbonyl (C=O) groups excluding carboxylic acids is 1. The third-order valence-electron chi connectivity index (χ3n) is 5.56. The van der Waals surface area contributed by atoms with Gasteiger partial charge in [-0.3, -0.25) is 14.7 Å². The first-order valence-electron chi connectivity index (χ1n) is 11.0. The molecule has 186 valence electrons. The van der Waals surface area contributed by atoms with Crippen LogP contribution in [-0.4, -0.2) is 71.7 Å². The zero-order valence-corrected chi connectivity index (χ0v) is 20.4. The highest BCUT2D eigenvalue weighted by Gasteiger charge is 2.37. The molecule has 2 N–H and O–H groups in total. The fourth-order valence-corrected chi connectivity index (χ4v) is 4.75. The van der Waals surface area contributed by atoms with Crippen molar-refractivity contribution in [1.29, 1.82) is 0 Å². The summed E-state index contributed by atoms with van der Waals surface area (Å²) in [6.45, 7) is 2.89. The van der Waals surface area contributed by atoms with Crippen molar-refractivity contribution >= 4 is 40.7 Å². The molecule has 0 bridgehead atoms. The minimum absolute atomic E-state index is 0.0267.